The number of nitrogens with one attached hydrogen (secondary N) is 2. The Morgan fingerprint density at radius 1 is 1.25 bits per heavy atom. The maximum atomic E-state index is 12.9. The number of aliphatic hydroxyl groups excluding tert-OH is 1. The van der Waals surface area contributed by atoms with E-state index in [2.05, 4.69) is 10.3 Å². The van der Waals surface area contributed by atoms with Crippen molar-refractivity contribution in [1.29, 1.82) is 0 Å². The van der Waals surface area contributed by atoms with Gasteiger partial charge in [0.25, 0.3) is 0 Å². The van der Waals surface area contributed by atoms with Crippen LogP contribution in [0, 0.1) is 5.82 Å². The Morgan fingerprint density at radius 2 is 2.00 bits per heavy atom. The van der Waals surface area contributed by atoms with Crippen molar-refractivity contribution in [3.8, 4) is 0 Å². The smallest absolute Gasteiger partial charge is 0.224 e. The van der Waals surface area contributed by atoms with Gasteiger partial charge in [0.2, 0.25) is 5.91 Å². The lowest BCUT2D eigenvalue weighted by Gasteiger charge is -2.12. The van der Waals surface area contributed by atoms with Gasteiger partial charge in [0, 0.05) is 28.7 Å². The van der Waals surface area contributed by atoms with Crippen LogP contribution in [0.15, 0.2) is 48.7 Å². The molecule has 3 aromatic rings. The van der Waals surface area contributed by atoms with Gasteiger partial charge in [-0.3, -0.25) is 4.79 Å². The number of hydrogen-bond acceptors (Lipinski definition) is 2. The van der Waals surface area contributed by atoms with Crippen molar-refractivity contribution in [1.82, 2.24) is 10.3 Å². The van der Waals surface area contributed by atoms with Crippen molar-refractivity contribution in [2.24, 2.45) is 0 Å². The molecule has 0 saturated carbocycles. The van der Waals surface area contributed by atoms with E-state index in [1.54, 1.807) is 18.3 Å². The lowest BCUT2D eigenvalue weighted by molar-refractivity contribution is -0.120. The van der Waals surface area contributed by atoms with Crippen LogP contribution in [0.5, 0.6) is 0 Å². The highest BCUT2D eigenvalue weighted by Crippen LogP contribution is 2.22. The van der Waals surface area contributed by atoms with Crippen molar-refractivity contribution in [3.63, 3.8) is 0 Å². The molecular formula is C18H16ClFN2O2. The van der Waals surface area contributed by atoms with E-state index >= 15 is 0 Å². The molecule has 1 atom stereocenters. The molecular weight excluding hydrogens is 331 g/mol. The summed E-state index contributed by atoms with van der Waals surface area (Å²) in [6.07, 6.45) is 1.09. The Bertz CT molecular complexity index is 861. The van der Waals surface area contributed by atoms with Gasteiger partial charge in [0.05, 0.1) is 12.5 Å². The van der Waals surface area contributed by atoms with Gasteiger partial charge in [-0.15, -0.1) is 0 Å². The summed E-state index contributed by atoms with van der Waals surface area (Å²) in [4.78, 5) is 15.2. The summed E-state index contributed by atoms with van der Waals surface area (Å²) in [5.74, 6) is -0.568. The average Bonchev–Trinajstić information content (AvgIpc) is 2.95. The number of halogens is 2. The molecule has 1 heterocycles. The van der Waals surface area contributed by atoms with Gasteiger partial charge in [-0.1, -0.05) is 29.8 Å². The minimum absolute atomic E-state index is 0.0681. The van der Waals surface area contributed by atoms with E-state index in [9.17, 15) is 14.3 Å². The van der Waals surface area contributed by atoms with Crippen molar-refractivity contribution in [2.75, 3.05) is 6.54 Å². The van der Waals surface area contributed by atoms with Crippen LogP contribution in [0.4, 0.5) is 4.39 Å². The zero-order chi connectivity index (χ0) is 17.1. The summed E-state index contributed by atoms with van der Waals surface area (Å²) in [7, 11) is 0. The molecule has 0 bridgehead atoms. The zero-order valence-electron chi connectivity index (χ0n) is 12.7. The second-order valence-electron chi connectivity index (χ2n) is 5.55. The number of carbonyl (C=O) groups is 1. The molecule has 0 radical (unpaired) electrons. The van der Waals surface area contributed by atoms with Gasteiger partial charge in [-0.25, -0.2) is 4.39 Å². The van der Waals surface area contributed by atoms with E-state index in [1.165, 1.54) is 24.3 Å². The minimum Gasteiger partial charge on any atom is -0.387 e. The van der Waals surface area contributed by atoms with Crippen molar-refractivity contribution in [2.45, 2.75) is 12.5 Å². The van der Waals surface area contributed by atoms with Gasteiger partial charge >= 0.3 is 0 Å². The Kier molecular flexibility index (Phi) is 4.83. The predicted octanol–water partition coefficient (Wildman–Crippen LogP) is 3.35. The molecule has 6 heteroatoms. The number of hydrogen-bond donors (Lipinski definition) is 3. The predicted molar refractivity (Wildman–Crippen MR) is 91.4 cm³/mol. The lowest BCUT2D eigenvalue weighted by Crippen LogP contribution is -2.29. The molecule has 1 unspecified atom stereocenters. The van der Waals surface area contributed by atoms with Crippen LogP contribution in [0.2, 0.25) is 5.02 Å². The average molecular weight is 347 g/mol. The number of fused-ring (bicyclic) bond motifs is 1. The lowest BCUT2D eigenvalue weighted by atomic mass is 10.1. The van der Waals surface area contributed by atoms with Crippen LogP contribution in [0.1, 0.15) is 17.2 Å². The molecule has 2 aromatic carbocycles. The third-order valence-electron chi connectivity index (χ3n) is 3.83. The Labute approximate surface area is 143 Å². The third-order valence-corrected chi connectivity index (χ3v) is 4.06. The largest absolute Gasteiger partial charge is 0.387 e. The molecule has 0 saturated heterocycles. The highest BCUT2D eigenvalue weighted by Gasteiger charge is 2.12. The summed E-state index contributed by atoms with van der Waals surface area (Å²) < 4.78 is 12.9. The fraction of sp³-hybridized carbons (Fsp3) is 0.167. The molecule has 0 fully saturated rings. The molecule has 1 amide bonds. The van der Waals surface area contributed by atoms with Crippen LogP contribution in [-0.2, 0) is 11.2 Å². The number of aromatic amines is 1. The first kappa shape index (κ1) is 16.5. The quantitative estimate of drug-likeness (QED) is 0.663. The van der Waals surface area contributed by atoms with Gasteiger partial charge in [0.15, 0.2) is 0 Å². The van der Waals surface area contributed by atoms with Crippen LogP contribution >= 0.6 is 11.6 Å². The summed E-state index contributed by atoms with van der Waals surface area (Å²) >= 11 is 5.94. The van der Waals surface area contributed by atoms with Crippen LogP contribution < -0.4 is 5.32 Å². The fourth-order valence-corrected chi connectivity index (χ4v) is 2.73. The standard InChI is InChI=1S/C18H16ClFN2O2/c19-13-3-6-15-12(9-21-16(15)8-13)7-18(24)22-10-17(23)11-1-4-14(20)5-2-11/h1-6,8-9,17,21,23H,7,10H2,(H,22,24). The van der Waals surface area contributed by atoms with Crippen LogP contribution in [0.25, 0.3) is 10.9 Å². The molecule has 24 heavy (non-hydrogen) atoms. The van der Waals surface area contributed by atoms with Crippen LogP contribution in [-0.4, -0.2) is 22.5 Å². The summed E-state index contributed by atoms with van der Waals surface area (Å²) in [5.41, 5.74) is 2.28. The SMILES string of the molecule is O=C(Cc1c[nH]c2cc(Cl)ccc12)NCC(O)c1ccc(F)cc1. The number of aliphatic hydroxyl groups is 1. The third kappa shape index (κ3) is 3.75. The molecule has 0 aliphatic rings. The highest BCUT2D eigenvalue weighted by molar-refractivity contribution is 6.31. The maximum Gasteiger partial charge on any atom is 0.224 e. The van der Waals surface area contributed by atoms with Crippen LogP contribution in [0.3, 0.4) is 0 Å². The van der Waals surface area contributed by atoms with E-state index in [4.69, 9.17) is 11.6 Å². The number of H-pyrrole nitrogens is 1. The molecule has 124 valence electrons. The monoisotopic (exact) mass is 346 g/mol. The Balaban J connectivity index is 1.59. The first-order valence-electron chi connectivity index (χ1n) is 7.48. The first-order valence-corrected chi connectivity index (χ1v) is 7.86. The van der Waals surface area contributed by atoms with E-state index in [0.29, 0.717) is 10.6 Å². The first-order chi connectivity index (χ1) is 11.5. The zero-order valence-corrected chi connectivity index (χ0v) is 13.5. The van der Waals surface area contributed by atoms with Crippen molar-refractivity contribution in [3.05, 3.63) is 70.6 Å². The molecule has 4 nitrogen and oxygen atoms in total. The topological polar surface area (TPSA) is 65.1 Å². The maximum absolute atomic E-state index is 12.9. The molecule has 0 aliphatic heterocycles. The second-order valence-corrected chi connectivity index (χ2v) is 5.99. The van der Waals surface area contributed by atoms with Gasteiger partial charge < -0.3 is 15.4 Å². The second kappa shape index (κ2) is 7.03. The van der Waals surface area contributed by atoms with Gasteiger partial charge in [-0.05, 0) is 35.4 Å². The summed E-state index contributed by atoms with van der Waals surface area (Å²) in [5, 5.41) is 14.3. The number of rotatable bonds is 5. The Morgan fingerprint density at radius 3 is 2.75 bits per heavy atom. The van der Waals surface area contributed by atoms with Gasteiger partial charge in [-0.2, -0.15) is 0 Å². The van der Waals surface area contributed by atoms with E-state index in [-0.39, 0.29) is 24.7 Å². The highest BCUT2D eigenvalue weighted by atomic mass is 35.5. The number of amides is 1. The molecule has 0 spiro atoms. The normalized spacial score (nSPS) is 12.3. The molecule has 3 N–H and O–H groups in total. The van der Waals surface area contributed by atoms with Crippen molar-refractivity contribution >= 4 is 28.4 Å². The minimum atomic E-state index is -0.878. The number of aromatic nitrogens is 1. The summed E-state index contributed by atoms with van der Waals surface area (Å²) in [6, 6.07) is 11.0. The van der Waals surface area contributed by atoms with E-state index in [1.807, 2.05) is 6.07 Å². The summed E-state index contributed by atoms with van der Waals surface area (Å²) in [6.45, 7) is 0.0681. The van der Waals surface area contributed by atoms with E-state index < -0.39 is 6.10 Å². The van der Waals surface area contributed by atoms with Crippen molar-refractivity contribution < 1.29 is 14.3 Å². The Hall–Kier alpha value is -2.37. The number of carbonyl (C=O) groups excluding carboxylic acids is 1. The molecule has 0 aliphatic carbocycles. The fourth-order valence-electron chi connectivity index (χ4n) is 2.55. The molecule has 3 rings (SSSR count). The molecule has 1 aromatic heterocycles. The van der Waals surface area contributed by atoms with Gasteiger partial charge in [0.1, 0.15) is 5.82 Å². The number of benzene rings is 2. The van der Waals surface area contributed by atoms with E-state index in [0.717, 1.165) is 16.5 Å².